The number of benzene rings is 8. The van der Waals surface area contributed by atoms with E-state index in [2.05, 4.69) is 51.9 Å². The summed E-state index contributed by atoms with van der Waals surface area (Å²) in [6.45, 7) is 0. The van der Waals surface area contributed by atoms with Gasteiger partial charge in [-0.15, -0.1) is 11.3 Å². The predicted octanol–water partition coefficient (Wildman–Crippen LogP) is 14.3. The van der Waals surface area contributed by atoms with Crippen molar-refractivity contribution in [2.75, 3.05) is 9.80 Å². The number of anilines is 6. The van der Waals surface area contributed by atoms with Crippen molar-refractivity contribution in [2.24, 2.45) is 0 Å². The summed E-state index contributed by atoms with van der Waals surface area (Å²) in [6.07, 6.45) is 0. The first-order valence-electron chi connectivity index (χ1n) is 19.0. The average Bonchev–Trinajstić information content (AvgIpc) is 3.81. The monoisotopic (exact) mass is 831 g/mol. The lowest BCUT2D eigenvalue weighted by Gasteiger charge is -2.27. The maximum atomic E-state index is 14.0. The lowest BCUT2D eigenvalue weighted by Crippen LogP contribution is -2.28. The Bertz CT molecular complexity index is 3260. The molecule has 0 aliphatic carbocycles. The molecule has 0 N–H and O–H groups in total. The standard InChI is InChI=1S/C49H32F3N3O3S2/c50-49(51,52)60(56,57)58-45-32-38(53(33-16-5-1-6-17-33)34-18-7-2-8-19-34)30-41-47-43(26-15-27-46(47)59-48(41)45)54(35-20-9-3-10-21-35)37-28-29-40-39-24-13-14-25-42(39)55(44(40)31-37)36-22-11-4-12-23-36/h1-32H. The molecule has 0 aliphatic heterocycles. The summed E-state index contributed by atoms with van der Waals surface area (Å²) < 4.78 is 76.0. The molecule has 8 aromatic carbocycles. The van der Waals surface area contributed by atoms with Crippen LogP contribution in [0.15, 0.2) is 194 Å². The van der Waals surface area contributed by atoms with Gasteiger partial charge in [-0.1, -0.05) is 103 Å². The van der Waals surface area contributed by atoms with E-state index in [-0.39, 0.29) is 4.70 Å². The van der Waals surface area contributed by atoms with Crippen molar-refractivity contribution in [2.45, 2.75) is 5.51 Å². The van der Waals surface area contributed by atoms with Crippen LogP contribution in [0.2, 0.25) is 0 Å². The SMILES string of the molecule is O=S(=O)(Oc1cc(N(c2ccccc2)c2ccccc2)cc2c1sc1cccc(N(c3ccccc3)c3ccc4c5ccccc5n(-c5ccccc5)c4c3)c12)C(F)(F)F. The lowest BCUT2D eigenvalue weighted by atomic mass is 10.1. The maximum absolute atomic E-state index is 14.0. The third kappa shape index (κ3) is 6.39. The van der Waals surface area contributed by atoms with E-state index < -0.39 is 21.4 Å². The van der Waals surface area contributed by atoms with Crippen LogP contribution in [0.25, 0.3) is 47.7 Å². The highest BCUT2D eigenvalue weighted by atomic mass is 32.2. The van der Waals surface area contributed by atoms with Gasteiger partial charge in [0.2, 0.25) is 0 Å². The number of thiophene rings is 1. The maximum Gasteiger partial charge on any atom is 0.534 e. The Hall–Kier alpha value is -7.08. The summed E-state index contributed by atoms with van der Waals surface area (Å²) in [5.74, 6) is -0.427. The zero-order valence-corrected chi connectivity index (χ0v) is 33.1. The van der Waals surface area contributed by atoms with Gasteiger partial charge in [0, 0.05) is 60.7 Å². The smallest absolute Gasteiger partial charge is 0.374 e. The third-order valence-corrected chi connectivity index (χ3v) is 12.6. The van der Waals surface area contributed by atoms with Crippen LogP contribution >= 0.6 is 11.3 Å². The molecule has 10 aromatic rings. The number of fused-ring (bicyclic) bond motifs is 6. The second-order valence-electron chi connectivity index (χ2n) is 14.1. The van der Waals surface area contributed by atoms with Gasteiger partial charge in [0.15, 0.2) is 5.75 Å². The average molecular weight is 832 g/mol. The molecule has 2 heterocycles. The van der Waals surface area contributed by atoms with Crippen LogP contribution in [0, 0.1) is 0 Å². The molecule has 0 radical (unpaired) electrons. The van der Waals surface area contributed by atoms with Gasteiger partial charge < -0.3 is 18.6 Å². The minimum atomic E-state index is -6.05. The molecule has 6 nitrogen and oxygen atoms in total. The number of nitrogens with zero attached hydrogens (tertiary/aromatic N) is 3. The van der Waals surface area contributed by atoms with E-state index in [1.165, 1.54) is 17.4 Å². The minimum absolute atomic E-state index is 0.253. The summed E-state index contributed by atoms with van der Waals surface area (Å²) in [5.41, 5.74) is 1.64. The number of alkyl halides is 3. The number of hydrogen-bond donors (Lipinski definition) is 0. The summed E-state index contributed by atoms with van der Waals surface area (Å²) in [7, 11) is -6.05. The van der Waals surface area contributed by atoms with E-state index in [4.69, 9.17) is 4.18 Å². The fraction of sp³-hybridized carbons (Fsp3) is 0.0204. The number of rotatable bonds is 9. The topological polar surface area (TPSA) is 54.8 Å². The van der Waals surface area contributed by atoms with E-state index in [1.807, 2.05) is 150 Å². The van der Waals surface area contributed by atoms with Crippen LogP contribution in [-0.4, -0.2) is 18.5 Å². The van der Waals surface area contributed by atoms with Crippen molar-refractivity contribution in [1.82, 2.24) is 4.57 Å². The molecule has 294 valence electrons. The van der Waals surface area contributed by atoms with Gasteiger partial charge in [-0.25, -0.2) is 0 Å². The summed E-state index contributed by atoms with van der Waals surface area (Å²) >= 11 is 1.17. The Labute approximate surface area is 347 Å². The van der Waals surface area contributed by atoms with E-state index in [1.54, 1.807) is 0 Å². The van der Waals surface area contributed by atoms with Crippen LogP contribution in [0.3, 0.4) is 0 Å². The van der Waals surface area contributed by atoms with Crippen molar-refractivity contribution < 1.29 is 25.8 Å². The van der Waals surface area contributed by atoms with E-state index >= 15 is 0 Å². The third-order valence-electron chi connectivity index (χ3n) is 10.5. The molecule has 0 saturated heterocycles. The van der Waals surface area contributed by atoms with Gasteiger partial charge in [0.25, 0.3) is 0 Å². The van der Waals surface area contributed by atoms with Gasteiger partial charge in [-0.2, -0.15) is 21.6 Å². The molecule has 0 saturated carbocycles. The zero-order chi connectivity index (χ0) is 41.0. The molecule has 0 aliphatic rings. The molecule has 0 unspecified atom stereocenters. The zero-order valence-electron chi connectivity index (χ0n) is 31.5. The molecule has 10 rings (SSSR count). The molecule has 0 atom stereocenters. The van der Waals surface area contributed by atoms with Crippen LogP contribution in [-0.2, 0) is 10.1 Å². The van der Waals surface area contributed by atoms with Crippen molar-refractivity contribution in [3.05, 3.63) is 194 Å². The first-order chi connectivity index (χ1) is 29.2. The Balaban J connectivity index is 1.27. The molecular formula is C49H32F3N3O3S2. The Morgan fingerprint density at radius 3 is 1.70 bits per heavy atom. The Kier molecular flexibility index (Phi) is 9.07. The predicted molar refractivity (Wildman–Crippen MR) is 239 cm³/mol. The molecule has 2 aromatic heterocycles. The molecule has 11 heteroatoms. The van der Waals surface area contributed by atoms with Gasteiger partial charge in [-0.05, 0) is 84.9 Å². The van der Waals surface area contributed by atoms with Crippen molar-refractivity contribution in [3.63, 3.8) is 0 Å². The van der Waals surface area contributed by atoms with Gasteiger partial charge in [0.1, 0.15) is 0 Å². The largest absolute Gasteiger partial charge is 0.534 e. The normalized spacial score (nSPS) is 12.1. The van der Waals surface area contributed by atoms with Crippen LogP contribution in [0.1, 0.15) is 0 Å². The number of aromatic nitrogens is 1. The highest BCUT2D eigenvalue weighted by Crippen LogP contribution is 2.51. The van der Waals surface area contributed by atoms with Gasteiger partial charge in [-0.3, -0.25) is 0 Å². The molecular weight excluding hydrogens is 800 g/mol. The molecule has 60 heavy (non-hydrogen) atoms. The van der Waals surface area contributed by atoms with E-state index in [9.17, 15) is 21.6 Å². The van der Waals surface area contributed by atoms with E-state index in [0.717, 1.165) is 49.3 Å². The van der Waals surface area contributed by atoms with Gasteiger partial charge in [0.05, 0.1) is 27.1 Å². The van der Waals surface area contributed by atoms with Crippen molar-refractivity contribution in [1.29, 1.82) is 0 Å². The minimum Gasteiger partial charge on any atom is -0.374 e. The second kappa shape index (κ2) is 14.6. The summed E-state index contributed by atoms with van der Waals surface area (Å²) in [4.78, 5) is 4.00. The Morgan fingerprint density at radius 2 is 1.07 bits per heavy atom. The lowest BCUT2D eigenvalue weighted by molar-refractivity contribution is -0.0499. The summed E-state index contributed by atoms with van der Waals surface area (Å²) in [6, 6.07) is 62.4. The number of halogens is 3. The number of hydrogen-bond acceptors (Lipinski definition) is 6. The van der Waals surface area contributed by atoms with Crippen LogP contribution in [0.5, 0.6) is 5.75 Å². The molecule has 0 spiro atoms. The number of para-hydroxylation sites is 5. The van der Waals surface area contributed by atoms with Gasteiger partial charge >= 0.3 is 15.6 Å². The first kappa shape index (κ1) is 37.2. The second-order valence-corrected chi connectivity index (χ2v) is 16.7. The van der Waals surface area contributed by atoms with Crippen molar-refractivity contribution >= 4 is 97.6 Å². The molecule has 0 amide bonds. The van der Waals surface area contributed by atoms with Crippen LogP contribution in [0.4, 0.5) is 47.3 Å². The first-order valence-corrected chi connectivity index (χ1v) is 21.2. The fourth-order valence-corrected chi connectivity index (χ4v) is 9.64. The fourth-order valence-electron chi connectivity index (χ4n) is 7.97. The quantitative estimate of drug-likeness (QED) is 0.107. The highest BCUT2D eigenvalue weighted by Gasteiger charge is 2.49. The summed E-state index contributed by atoms with van der Waals surface area (Å²) in [5, 5.41) is 3.41. The molecule has 0 fully saturated rings. The highest BCUT2D eigenvalue weighted by molar-refractivity contribution is 7.88. The van der Waals surface area contributed by atoms with E-state index in [0.29, 0.717) is 27.8 Å². The van der Waals surface area contributed by atoms with Crippen LogP contribution < -0.4 is 14.0 Å². The molecule has 0 bridgehead atoms. The Morgan fingerprint density at radius 1 is 0.500 bits per heavy atom. The van der Waals surface area contributed by atoms with Crippen molar-refractivity contribution in [3.8, 4) is 11.4 Å².